The molecule has 3 heteroatoms. The monoisotopic (exact) mass is 250 g/mol. The van der Waals surface area contributed by atoms with E-state index in [1.807, 2.05) is 24.3 Å². The van der Waals surface area contributed by atoms with Crippen LogP contribution in [0.4, 0.5) is 0 Å². The van der Waals surface area contributed by atoms with Crippen LogP contribution in [0.3, 0.4) is 0 Å². The maximum absolute atomic E-state index is 5.97. The molecule has 2 rings (SSSR count). The van der Waals surface area contributed by atoms with Gasteiger partial charge in [0.05, 0.1) is 18.3 Å². The highest BCUT2D eigenvalue weighted by atomic mass is 16.7. The van der Waals surface area contributed by atoms with Crippen molar-refractivity contribution in [3.8, 4) is 5.75 Å². The second kappa shape index (κ2) is 4.56. The van der Waals surface area contributed by atoms with Crippen molar-refractivity contribution in [1.29, 1.82) is 0 Å². The van der Waals surface area contributed by atoms with Crippen LogP contribution in [-0.2, 0) is 15.9 Å². The first-order valence-electron chi connectivity index (χ1n) is 6.33. The van der Waals surface area contributed by atoms with E-state index in [0.717, 1.165) is 12.2 Å². The highest BCUT2D eigenvalue weighted by molar-refractivity contribution is 5.27. The van der Waals surface area contributed by atoms with Crippen LogP contribution in [-0.4, -0.2) is 24.6 Å². The highest BCUT2D eigenvalue weighted by Crippen LogP contribution is 2.39. The Bertz CT molecular complexity index is 390. The topological polar surface area (TPSA) is 27.7 Å². The molecule has 0 spiro atoms. The van der Waals surface area contributed by atoms with Gasteiger partial charge in [0.2, 0.25) is 0 Å². The van der Waals surface area contributed by atoms with Gasteiger partial charge in [0.25, 0.3) is 0 Å². The van der Waals surface area contributed by atoms with E-state index < -0.39 is 0 Å². The summed E-state index contributed by atoms with van der Waals surface area (Å²) >= 11 is 0. The van der Waals surface area contributed by atoms with Gasteiger partial charge in [-0.2, -0.15) is 0 Å². The Hall–Kier alpha value is -1.06. The summed E-state index contributed by atoms with van der Waals surface area (Å²) in [6.45, 7) is 8.28. The zero-order valence-corrected chi connectivity index (χ0v) is 11.8. The fraction of sp³-hybridized carbons (Fsp3) is 0.600. The molecule has 0 saturated carbocycles. The first-order valence-corrected chi connectivity index (χ1v) is 6.33. The van der Waals surface area contributed by atoms with Crippen LogP contribution < -0.4 is 4.74 Å². The molecule has 1 aliphatic heterocycles. The third-order valence-electron chi connectivity index (χ3n) is 3.86. The number of benzene rings is 1. The molecule has 0 N–H and O–H groups in total. The molecule has 100 valence electrons. The molecule has 0 radical (unpaired) electrons. The zero-order valence-electron chi connectivity index (χ0n) is 11.8. The lowest BCUT2D eigenvalue weighted by atomic mass is 9.90. The van der Waals surface area contributed by atoms with Gasteiger partial charge in [0.15, 0.2) is 6.29 Å². The Balaban J connectivity index is 2.03. The molecule has 1 aromatic rings. The van der Waals surface area contributed by atoms with Gasteiger partial charge in [0.1, 0.15) is 5.75 Å². The van der Waals surface area contributed by atoms with E-state index in [0.29, 0.717) is 0 Å². The van der Waals surface area contributed by atoms with Crippen molar-refractivity contribution < 1.29 is 14.2 Å². The summed E-state index contributed by atoms with van der Waals surface area (Å²) in [5.74, 6) is 0.868. The molecule has 0 amide bonds. The molecule has 1 aromatic carbocycles. The molecular weight excluding hydrogens is 228 g/mol. The third kappa shape index (κ3) is 2.52. The quantitative estimate of drug-likeness (QED) is 0.824. The number of hydrogen-bond acceptors (Lipinski definition) is 3. The molecule has 0 bridgehead atoms. The summed E-state index contributed by atoms with van der Waals surface area (Å²) in [4.78, 5) is 0. The van der Waals surface area contributed by atoms with Gasteiger partial charge in [0, 0.05) is 6.42 Å². The van der Waals surface area contributed by atoms with E-state index in [1.54, 1.807) is 7.11 Å². The Kier molecular flexibility index (Phi) is 3.39. The molecule has 0 atom stereocenters. The maximum Gasteiger partial charge on any atom is 0.163 e. The van der Waals surface area contributed by atoms with Crippen LogP contribution in [0, 0.1) is 0 Å². The van der Waals surface area contributed by atoms with Crippen LogP contribution in [0.15, 0.2) is 24.3 Å². The van der Waals surface area contributed by atoms with Crippen molar-refractivity contribution in [2.75, 3.05) is 7.11 Å². The molecule has 1 aliphatic rings. The lowest BCUT2D eigenvalue weighted by Gasteiger charge is -2.30. The lowest BCUT2D eigenvalue weighted by Crippen LogP contribution is -2.41. The van der Waals surface area contributed by atoms with Gasteiger partial charge in [-0.3, -0.25) is 0 Å². The second-order valence-corrected chi connectivity index (χ2v) is 5.74. The van der Waals surface area contributed by atoms with Crippen LogP contribution in [0.1, 0.15) is 33.3 Å². The fourth-order valence-corrected chi connectivity index (χ4v) is 2.00. The maximum atomic E-state index is 5.97. The lowest BCUT2D eigenvalue weighted by molar-refractivity contribution is -0.0846. The average molecular weight is 250 g/mol. The van der Waals surface area contributed by atoms with Crippen molar-refractivity contribution in [3.63, 3.8) is 0 Å². The number of methoxy groups -OCH3 is 1. The SMILES string of the molecule is COc1ccc(CC2OC(C)(C)C(C)(C)O2)cc1. The van der Waals surface area contributed by atoms with Crippen molar-refractivity contribution in [3.05, 3.63) is 29.8 Å². The van der Waals surface area contributed by atoms with Crippen molar-refractivity contribution in [2.24, 2.45) is 0 Å². The van der Waals surface area contributed by atoms with Crippen LogP contribution >= 0.6 is 0 Å². The molecule has 3 nitrogen and oxygen atoms in total. The highest BCUT2D eigenvalue weighted by Gasteiger charge is 2.48. The van der Waals surface area contributed by atoms with Gasteiger partial charge in [-0.05, 0) is 45.4 Å². The van der Waals surface area contributed by atoms with E-state index in [1.165, 1.54) is 5.56 Å². The van der Waals surface area contributed by atoms with Gasteiger partial charge in [-0.1, -0.05) is 12.1 Å². The largest absolute Gasteiger partial charge is 0.497 e. The van der Waals surface area contributed by atoms with Crippen molar-refractivity contribution in [1.82, 2.24) is 0 Å². The van der Waals surface area contributed by atoms with Gasteiger partial charge in [-0.15, -0.1) is 0 Å². The third-order valence-corrected chi connectivity index (χ3v) is 3.86. The summed E-state index contributed by atoms with van der Waals surface area (Å²) in [6, 6.07) is 8.01. The fourth-order valence-electron chi connectivity index (χ4n) is 2.00. The summed E-state index contributed by atoms with van der Waals surface area (Å²) in [5, 5.41) is 0. The Morgan fingerprint density at radius 3 is 1.94 bits per heavy atom. The Morgan fingerprint density at radius 1 is 1.00 bits per heavy atom. The molecule has 1 fully saturated rings. The molecule has 0 unspecified atom stereocenters. The molecular formula is C15H22O3. The smallest absolute Gasteiger partial charge is 0.163 e. The average Bonchev–Trinajstić information content (AvgIpc) is 2.48. The van der Waals surface area contributed by atoms with E-state index in [2.05, 4.69) is 27.7 Å². The molecule has 1 saturated heterocycles. The summed E-state index contributed by atoms with van der Waals surface area (Å²) in [5.41, 5.74) is 0.670. The van der Waals surface area contributed by atoms with Crippen molar-refractivity contribution in [2.45, 2.75) is 51.6 Å². The normalized spacial score (nSPS) is 22.1. The van der Waals surface area contributed by atoms with Gasteiger partial charge < -0.3 is 14.2 Å². The minimum atomic E-state index is -0.260. The summed E-state index contributed by atoms with van der Waals surface area (Å²) in [6.07, 6.45) is 0.583. The second-order valence-electron chi connectivity index (χ2n) is 5.74. The van der Waals surface area contributed by atoms with Crippen molar-refractivity contribution >= 4 is 0 Å². The van der Waals surface area contributed by atoms with Gasteiger partial charge in [-0.25, -0.2) is 0 Å². The number of ether oxygens (including phenoxy) is 3. The van der Waals surface area contributed by atoms with Crippen LogP contribution in [0.25, 0.3) is 0 Å². The summed E-state index contributed by atoms with van der Waals surface area (Å²) < 4.78 is 17.1. The van der Waals surface area contributed by atoms with E-state index >= 15 is 0 Å². The number of rotatable bonds is 3. The van der Waals surface area contributed by atoms with Gasteiger partial charge >= 0.3 is 0 Å². The molecule has 0 aliphatic carbocycles. The first kappa shape index (κ1) is 13.4. The minimum Gasteiger partial charge on any atom is -0.497 e. The summed E-state index contributed by atoms with van der Waals surface area (Å²) in [7, 11) is 1.67. The molecule has 18 heavy (non-hydrogen) atoms. The predicted molar refractivity (Wildman–Crippen MR) is 70.8 cm³/mol. The zero-order chi connectivity index (χ0) is 13.4. The van der Waals surface area contributed by atoms with Crippen LogP contribution in [0.5, 0.6) is 5.75 Å². The van der Waals surface area contributed by atoms with E-state index in [-0.39, 0.29) is 17.5 Å². The minimum absolute atomic E-state index is 0.177. The Labute approximate surface area is 109 Å². The first-order chi connectivity index (χ1) is 8.34. The van der Waals surface area contributed by atoms with E-state index in [4.69, 9.17) is 14.2 Å². The molecule has 1 heterocycles. The number of hydrogen-bond donors (Lipinski definition) is 0. The molecule has 0 aromatic heterocycles. The standard InChI is InChI=1S/C15H22O3/c1-14(2)15(3,4)18-13(17-14)10-11-6-8-12(16-5)9-7-11/h6-9,13H,10H2,1-5H3. The Morgan fingerprint density at radius 2 is 1.50 bits per heavy atom. The van der Waals surface area contributed by atoms with Crippen LogP contribution in [0.2, 0.25) is 0 Å². The van der Waals surface area contributed by atoms with E-state index in [9.17, 15) is 0 Å². The predicted octanol–water partition coefficient (Wildman–Crippen LogP) is 3.17.